The summed E-state index contributed by atoms with van der Waals surface area (Å²) < 4.78 is 6.60. The van der Waals surface area contributed by atoms with Gasteiger partial charge in [-0.3, -0.25) is 0 Å². The van der Waals surface area contributed by atoms with Gasteiger partial charge in [-0.05, 0) is 34.1 Å². The molecule has 1 aromatic heterocycles. The first-order chi connectivity index (χ1) is 7.09. The number of anilines is 1. The molecule has 1 heterocycles. The second-order valence-corrected chi connectivity index (χ2v) is 4.95. The molecule has 0 saturated carbocycles. The van der Waals surface area contributed by atoms with Crippen molar-refractivity contribution in [2.45, 2.75) is 0 Å². The molecule has 0 atom stereocenters. The Balaban J connectivity index is 2.59. The second kappa shape index (κ2) is 4.15. The summed E-state index contributed by atoms with van der Waals surface area (Å²) in [5, 5.41) is 4.21. The fraction of sp³-hybridized carbons (Fsp3) is 0. The van der Waals surface area contributed by atoms with E-state index in [2.05, 4.69) is 37.0 Å². The average Bonchev–Trinajstić information content (AvgIpc) is 2.49. The van der Waals surface area contributed by atoms with Crippen LogP contribution in [-0.4, -0.2) is 5.16 Å². The first-order valence-electron chi connectivity index (χ1n) is 3.95. The molecule has 0 aliphatic rings. The van der Waals surface area contributed by atoms with Crippen molar-refractivity contribution in [2.75, 3.05) is 5.73 Å². The van der Waals surface area contributed by atoms with Crippen LogP contribution in [-0.2, 0) is 0 Å². The number of rotatable bonds is 1. The predicted octanol–water partition coefficient (Wildman–Crippen LogP) is 4.10. The highest BCUT2D eigenvalue weighted by Crippen LogP contribution is 2.37. The van der Waals surface area contributed by atoms with E-state index < -0.39 is 0 Å². The van der Waals surface area contributed by atoms with Gasteiger partial charge in [-0.15, -0.1) is 0 Å². The zero-order valence-corrected chi connectivity index (χ0v) is 11.2. The van der Waals surface area contributed by atoms with E-state index in [1.165, 1.54) is 0 Å². The first kappa shape index (κ1) is 11.0. The summed E-state index contributed by atoms with van der Waals surface area (Å²) in [4.78, 5) is 0. The van der Waals surface area contributed by atoms with Gasteiger partial charge >= 0.3 is 0 Å². The molecule has 0 amide bonds. The fourth-order valence-corrected chi connectivity index (χ4v) is 2.25. The maximum Gasteiger partial charge on any atom is 0.184 e. The molecule has 0 unspecified atom stereocenters. The molecule has 6 heteroatoms. The van der Waals surface area contributed by atoms with Crippen LogP contribution < -0.4 is 5.73 Å². The van der Waals surface area contributed by atoms with Crippen molar-refractivity contribution in [2.24, 2.45) is 0 Å². The smallest absolute Gasteiger partial charge is 0.184 e. The second-order valence-electron chi connectivity index (χ2n) is 2.84. The summed E-state index contributed by atoms with van der Waals surface area (Å²) in [7, 11) is 0. The molecule has 3 nitrogen and oxygen atoms in total. The SMILES string of the molecule is Nc1noc(-c2ccc(Br)cc2Cl)c1Br. The monoisotopic (exact) mass is 350 g/mol. The van der Waals surface area contributed by atoms with E-state index in [0.717, 1.165) is 10.0 Å². The molecule has 0 fully saturated rings. The van der Waals surface area contributed by atoms with E-state index in [-0.39, 0.29) is 0 Å². The standard InChI is InChI=1S/C9H5Br2ClN2O/c10-4-1-2-5(6(12)3-4)8-7(11)9(13)14-15-8/h1-3H,(H2,13,14). The molecule has 15 heavy (non-hydrogen) atoms. The molecule has 2 aromatic rings. The lowest BCUT2D eigenvalue weighted by atomic mass is 10.2. The Bertz CT molecular complexity index is 513. The normalized spacial score (nSPS) is 10.6. The van der Waals surface area contributed by atoms with Gasteiger partial charge in [0.05, 0.1) is 5.02 Å². The van der Waals surface area contributed by atoms with Crippen molar-refractivity contribution >= 4 is 49.3 Å². The highest BCUT2D eigenvalue weighted by Gasteiger charge is 2.15. The largest absolute Gasteiger partial charge is 0.380 e. The number of hydrogen-bond donors (Lipinski definition) is 1. The van der Waals surface area contributed by atoms with Gasteiger partial charge in [0.1, 0.15) is 4.47 Å². The topological polar surface area (TPSA) is 52.0 Å². The number of hydrogen-bond acceptors (Lipinski definition) is 3. The van der Waals surface area contributed by atoms with E-state index in [0.29, 0.717) is 21.1 Å². The molecule has 1 aromatic carbocycles. The summed E-state index contributed by atoms with van der Waals surface area (Å²) in [5.41, 5.74) is 6.30. The van der Waals surface area contributed by atoms with Gasteiger partial charge in [0.2, 0.25) is 0 Å². The van der Waals surface area contributed by atoms with Crippen LogP contribution in [0.3, 0.4) is 0 Å². The molecule has 0 spiro atoms. The van der Waals surface area contributed by atoms with Gasteiger partial charge in [-0.2, -0.15) is 0 Å². The average molecular weight is 352 g/mol. The van der Waals surface area contributed by atoms with Gasteiger partial charge in [-0.25, -0.2) is 0 Å². The van der Waals surface area contributed by atoms with Gasteiger partial charge in [0.25, 0.3) is 0 Å². The van der Waals surface area contributed by atoms with E-state index >= 15 is 0 Å². The summed E-state index contributed by atoms with van der Waals surface area (Å²) in [6.07, 6.45) is 0. The highest BCUT2D eigenvalue weighted by atomic mass is 79.9. The Morgan fingerprint density at radius 1 is 1.33 bits per heavy atom. The Morgan fingerprint density at radius 3 is 2.60 bits per heavy atom. The molecule has 0 aliphatic carbocycles. The summed E-state index contributed by atoms with van der Waals surface area (Å²) in [6, 6.07) is 5.48. The molecular weight excluding hydrogens is 347 g/mol. The van der Waals surface area contributed by atoms with E-state index in [4.69, 9.17) is 21.9 Å². The van der Waals surface area contributed by atoms with Crippen LogP contribution in [0.2, 0.25) is 5.02 Å². The number of nitrogens with two attached hydrogens (primary N) is 1. The summed E-state index contributed by atoms with van der Waals surface area (Å²) in [6.45, 7) is 0. The Labute approximate surface area is 108 Å². The minimum Gasteiger partial charge on any atom is -0.380 e. The molecule has 0 aliphatic heterocycles. The molecule has 2 N–H and O–H groups in total. The molecule has 0 radical (unpaired) electrons. The van der Waals surface area contributed by atoms with Crippen LogP contribution in [0.25, 0.3) is 11.3 Å². The lowest BCUT2D eigenvalue weighted by Crippen LogP contribution is -1.83. The van der Waals surface area contributed by atoms with Crippen LogP contribution in [0.1, 0.15) is 0 Å². The minimum atomic E-state index is 0.309. The van der Waals surface area contributed by atoms with Crippen LogP contribution in [0.5, 0.6) is 0 Å². The number of halogens is 3. The van der Waals surface area contributed by atoms with Crippen molar-refractivity contribution in [3.05, 3.63) is 32.2 Å². The number of benzene rings is 1. The third kappa shape index (κ3) is 2.04. The predicted molar refractivity (Wildman–Crippen MR) is 66.8 cm³/mol. The summed E-state index contributed by atoms with van der Waals surface area (Å²) in [5.74, 6) is 0.842. The lowest BCUT2D eigenvalue weighted by Gasteiger charge is -2.00. The van der Waals surface area contributed by atoms with Crippen molar-refractivity contribution in [1.29, 1.82) is 0 Å². The van der Waals surface area contributed by atoms with Gasteiger partial charge in [0, 0.05) is 10.0 Å². The van der Waals surface area contributed by atoms with Crippen LogP contribution >= 0.6 is 43.5 Å². The highest BCUT2D eigenvalue weighted by molar-refractivity contribution is 9.11. The number of aromatic nitrogens is 1. The van der Waals surface area contributed by atoms with E-state index in [1.807, 2.05) is 12.1 Å². The third-order valence-electron chi connectivity index (χ3n) is 1.84. The van der Waals surface area contributed by atoms with Gasteiger partial charge < -0.3 is 10.3 Å². The van der Waals surface area contributed by atoms with Crippen LogP contribution in [0.15, 0.2) is 31.7 Å². The minimum absolute atomic E-state index is 0.309. The third-order valence-corrected chi connectivity index (χ3v) is 3.41. The maximum atomic E-state index is 6.07. The van der Waals surface area contributed by atoms with Crippen LogP contribution in [0.4, 0.5) is 5.82 Å². The lowest BCUT2D eigenvalue weighted by molar-refractivity contribution is 0.435. The van der Waals surface area contributed by atoms with Gasteiger partial charge in [-0.1, -0.05) is 32.7 Å². The molecular formula is C9H5Br2ClN2O. The maximum absolute atomic E-state index is 6.07. The number of nitrogen functional groups attached to an aromatic ring is 1. The zero-order chi connectivity index (χ0) is 11.0. The van der Waals surface area contributed by atoms with Crippen molar-refractivity contribution in [1.82, 2.24) is 5.16 Å². The van der Waals surface area contributed by atoms with Gasteiger partial charge in [0.15, 0.2) is 11.6 Å². The Morgan fingerprint density at radius 2 is 2.07 bits per heavy atom. The molecule has 2 rings (SSSR count). The first-order valence-corrected chi connectivity index (χ1v) is 5.92. The quantitative estimate of drug-likeness (QED) is 0.841. The van der Waals surface area contributed by atoms with E-state index in [9.17, 15) is 0 Å². The zero-order valence-electron chi connectivity index (χ0n) is 7.30. The number of nitrogens with zero attached hydrogens (tertiary/aromatic N) is 1. The van der Waals surface area contributed by atoms with E-state index in [1.54, 1.807) is 6.07 Å². The molecule has 0 saturated heterocycles. The van der Waals surface area contributed by atoms with Crippen molar-refractivity contribution < 1.29 is 4.52 Å². The summed E-state index contributed by atoms with van der Waals surface area (Å²) >= 11 is 12.7. The Hall–Kier alpha value is -0.520. The Kier molecular flexibility index (Phi) is 3.04. The fourth-order valence-electron chi connectivity index (χ4n) is 1.13. The molecule has 0 bridgehead atoms. The molecule has 78 valence electrons. The van der Waals surface area contributed by atoms with Crippen molar-refractivity contribution in [3.63, 3.8) is 0 Å². The van der Waals surface area contributed by atoms with Crippen molar-refractivity contribution in [3.8, 4) is 11.3 Å². The van der Waals surface area contributed by atoms with Crippen LogP contribution in [0, 0.1) is 0 Å².